The van der Waals surface area contributed by atoms with Crippen LogP contribution in [0.1, 0.15) is 51.6 Å². The minimum atomic E-state index is -2.97. The van der Waals surface area contributed by atoms with Crippen molar-refractivity contribution in [2.24, 2.45) is 0 Å². The van der Waals surface area contributed by atoms with Crippen molar-refractivity contribution in [3.05, 3.63) is 59.2 Å². The van der Waals surface area contributed by atoms with Gasteiger partial charge in [0.25, 0.3) is 11.8 Å². The topological polar surface area (TPSA) is 153 Å². The number of carbonyl (C=O) groups is 5. The van der Waals surface area contributed by atoms with Crippen LogP contribution in [0.4, 0.5) is 14.5 Å². The molecule has 0 aliphatic carbocycles. The summed E-state index contributed by atoms with van der Waals surface area (Å²) in [6.45, 7) is -0.640. The Morgan fingerprint density at radius 3 is 2.54 bits per heavy atom. The lowest BCUT2D eigenvalue weighted by molar-refractivity contribution is -0.140. The molecule has 2 atom stereocenters. The van der Waals surface area contributed by atoms with E-state index in [1.807, 2.05) is 0 Å². The van der Waals surface area contributed by atoms with Crippen LogP contribution >= 0.6 is 0 Å². The van der Waals surface area contributed by atoms with Crippen molar-refractivity contribution in [2.45, 2.75) is 38.0 Å². The van der Waals surface area contributed by atoms with E-state index in [1.54, 1.807) is 35.2 Å². The molecule has 5 amide bonds. The summed E-state index contributed by atoms with van der Waals surface area (Å²) >= 11 is 0. The number of nitrogens with zero attached hydrogens (tertiary/aromatic N) is 2. The van der Waals surface area contributed by atoms with Crippen LogP contribution in [0.2, 0.25) is 0 Å². The standard InChI is InChI=1S/C31H34F2N4O9/c32-31(33)46-24-4-2-1-3-21(24)25-18-36(11-14-45-25)27(39)9-12-43-15-16-44-13-10-34-19-5-6-20-22(17-19)30(42)37(29(20)41)23-7-8-26(38)35-28(23)40/h1-6,17,23,25,31,34H,7-16,18H2,(H,35,38,40). The predicted molar refractivity (Wildman–Crippen MR) is 156 cm³/mol. The molecule has 3 heterocycles. The minimum Gasteiger partial charge on any atom is -0.434 e. The second-order valence-electron chi connectivity index (χ2n) is 10.7. The first-order valence-electron chi connectivity index (χ1n) is 14.9. The molecular formula is C31H34F2N4O9. The Kier molecular flexibility index (Phi) is 10.9. The third-order valence-corrected chi connectivity index (χ3v) is 7.75. The molecule has 0 saturated carbocycles. The molecular weight excluding hydrogens is 610 g/mol. The van der Waals surface area contributed by atoms with Gasteiger partial charge in [0.05, 0.1) is 57.1 Å². The Hall–Kier alpha value is -4.47. The molecule has 15 heteroatoms. The van der Waals surface area contributed by atoms with Crippen molar-refractivity contribution >= 4 is 35.2 Å². The molecule has 0 spiro atoms. The predicted octanol–water partition coefficient (Wildman–Crippen LogP) is 2.12. The van der Waals surface area contributed by atoms with Crippen LogP contribution in [-0.2, 0) is 28.6 Å². The van der Waals surface area contributed by atoms with Gasteiger partial charge >= 0.3 is 6.61 Å². The van der Waals surface area contributed by atoms with Crippen molar-refractivity contribution in [1.82, 2.24) is 15.1 Å². The summed E-state index contributed by atoms with van der Waals surface area (Å²) in [7, 11) is 0. The zero-order valence-corrected chi connectivity index (χ0v) is 24.9. The zero-order chi connectivity index (χ0) is 32.6. The van der Waals surface area contributed by atoms with Crippen LogP contribution in [0.25, 0.3) is 0 Å². The number of hydrogen-bond acceptors (Lipinski definition) is 10. The normalized spacial score (nSPS) is 19.8. The quantitative estimate of drug-likeness (QED) is 0.231. The van der Waals surface area contributed by atoms with E-state index in [-0.39, 0.29) is 75.0 Å². The number of ether oxygens (including phenoxy) is 4. The van der Waals surface area contributed by atoms with Crippen LogP contribution in [0.3, 0.4) is 0 Å². The third kappa shape index (κ3) is 7.84. The number of halogens is 2. The first-order chi connectivity index (χ1) is 22.2. The van der Waals surface area contributed by atoms with Gasteiger partial charge in [-0.1, -0.05) is 18.2 Å². The van der Waals surface area contributed by atoms with Gasteiger partial charge in [0.2, 0.25) is 17.7 Å². The van der Waals surface area contributed by atoms with Gasteiger partial charge in [-0.2, -0.15) is 8.78 Å². The molecule has 2 fully saturated rings. The number of carbonyl (C=O) groups excluding carboxylic acids is 5. The highest BCUT2D eigenvalue weighted by Crippen LogP contribution is 2.32. The molecule has 0 radical (unpaired) electrons. The average Bonchev–Trinajstić information content (AvgIpc) is 3.28. The first kappa shape index (κ1) is 32.9. The number of para-hydroxylation sites is 1. The molecule has 13 nitrogen and oxygen atoms in total. The Balaban J connectivity index is 0.969. The molecule has 5 rings (SSSR count). The first-order valence-corrected chi connectivity index (χ1v) is 14.9. The lowest BCUT2D eigenvalue weighted by atomic mass is 10.0. The number of nitrogens with one attached hydrogen (secondary N) is 2. The van der Waals surface area contributed by atoms with E-state index in [2.05, 4.69) is 15.4 Å². The van der Waals surface area contributed by atoms with Crippen molar-refractivity contribution in [1.29, 1.82) is 0 Å². The number of alkyl halides is 2. The van der Waals surface area contributed by atoms with Gasteiger partial charge < -0.3 is 29.2 Å². The Labute approximate surface area is 263 Å². The fourth-order valence-corrected chi connectivity index (χ4v) is 5.50. The van der Waals surface area contributed by atoms with Crippen LogP contribution in [-0.4, -0.2) is 105 Å². The molecule has 246 valence electrons. The van der Waals surface area contributed by atoms with Gasteiger partial charge in [-0.3, -0.25) is 34.2 Å². The highest BCUT2D eigenvalue weighted by molar-refractivity contribution is 6.23. The second-order valence-corrected chi connectivity index (χ2v) is 10.7. The van der Waals surface area contributed by atoms with Crippen molar-refractivity contribution in [3.8, 4) is 5.75 Å². The van der Waals surface area contributed by atoms with Gasteiger partial charge in [-0.25, -0.2) is 0 Å². The number of fused-ring (bicyclic) bond motifs is 1. The lowest BCUT2D eigenvalue weighted by Gasteiger charge is -2.33. The fraction of sp³-hybridized carbons (Fsp3) is 0.452. The van der Waals surface area contributed by atoms with E-state index in [1.165, 1.54) is 12.1 Å². The summed E-state index contributed by atoms with van der Waals surface area (Å²) in [6.07, 6.45) is -0.297. The number of morpholine rings is 1. The van der Waals surface area contributed by atoms with Gasteiger partial charge in [0, 0.05) is 30.8 Å². The number of rotatable bonds is 14. The van der Waals surface area contributed by atoms with Crippen LogP contribution in [0, 0.1) is 0 Å². The van der Waals surface area contributed by atoms with Crippen LogP contribution in [0.15, 0.2) is 42.5 Å². The van der Waals surface area contributed by atoms with Crippen molar-refractivity contribution in [2.75, 3.05) is 58.0 Å². The third-order valence-electron chi connectivity index (χ3n) is 7.75. The molecule has 46 heavy (non-hydrogen) atoms. The monoisotopic (exact) mass is 644 g/mol. The maximum atomic E-state index is 13.0. The molecule has 3 aliphatic heterocycles. The molecule has 0 bridgehead atoms. The number of imide groups is 2. The lowest BCUT2D eigenvalue weighted by Crippen LogP contribution is -2.54. The van der Waals surface area contributed by atoms with Crippen LogP contribution in [0.5, 0.6) is 5.75 Å². The van der Waals surface area contributed by atoms with E-state index in [0.29, 0.717) is 30.9 Å². The van der Waals surface area contributed by atoms with Crippen LogP contribution < -0.4 is 15.4 Å². The SMILES string of the molecule is O=C1CCC(N2C(=O)c3ccc(NCCOCCOCCC(=O)N4CCOC(c5ccccc5OC(F)F)C4)cc3C2=O)C(=O)N1. The van der Waals surface area contributed by atoms with E-state index < -0.39 is 42.4 Å². The summed E-state index contributed by atoms with van der Waals surface area (Å²) in [6, 6.07) is 10.1. The highest BCUT2D eigenvalue weighted by Gasteiger charge is 2.44. The summed E-state index contributed by atoms with van der Waals surface area (Å²) in [5.74, 6) is -2.36. The number of amides is 5. The van der Waals surface area contributed by atoms with E-state index >= 15 is 0 Å². The highest BCUT2D eigenvalue weighted by atomic mass is 19.3. The summed E-state index contributed by atoms with van der Waals surface area (Å²) in [4.78, 5) is 64.7. The molecule has 3 aliphatic rings. The van der Waals surface area contributed by atoms with E-state index in [9.17, 15) is 32.8 Å². The fourth-order valence-electron chi connectivity index (χ4n) is 5.50. The van der Waals surface area contributed by atoms with Gasteiger partial charge in [0.1, 0.15) is 17.9 Å². The zero-order valence-electron chi connectivity index (χ0n) is 24.9. The second kappa shape index (κ2) is 15.2. The smallest absolute Gasteiger partial charge is 0.387 e. The average molecular weight is 645 g/mol. The van der Waals surface area contributed by atoms with Gasteiger partial charge in [0.15, 0.2) is 0 Å². The molecule has 2 aromatic carbocycles. The van der Waals surface area contributed by atoms with Crippen molar-refractivity contribution in [3.63, 3.8) is 0 Å². The largest absolute Gasteiger partial charge is 0.434 e. The van der Waals surface area contributed by atoms with Gasteiger partial charge in [-0.15, -0.1) is 0 Å². The molecule has 2 unspecified atom stereocenters. The summed E-state index contributed by atoms with van der Waals surface area (Å²) in [5, 5.41) is 5.29. The molecule has 2 aromatic rings. The molecule has 2 saturated heterocycles. The maximum Gasteiger partial charge on any atom is 0.387 e. The number of benzene rings is 2. The Morgan fingerprint density at radius 2 is 1.76 bits per heavy atom. The summed E-state index contributed by atoms with van der Waals surface area (Å²) < 4.78 is 47.0. The minimum absolute atomic E-state index is 0.0209. The Bertz CT molecular complexity index is 1470. The van der Waals surface area contributed by atoms with E-state index in [4.69, 9.17) is 14.2 Å². The number of hydrogen-bond donors (Lipinski definition) is 2. The van der Waals surface area contributed by atoms with E-state index in [0.717, 1.165) is 4.90 Å². The Morgan fingerprint density at radius 1 is 1.00 bits per heavy atom. The number of piperidine rings is 1. The summed E-state index contributed by atoms with van der Waals surface area (Å²) in [5.41, 5.74) is 1.44. The van der Waals surface area contributed by atoms with Gasteiger partial charge in [-0.05, 0) is 30.7 Å². The number of anilines is 1. The molecule has 0 aromatic heterocycles. The maximum absolute atomic E-state index is 13.0. The van der Waals surface area contributed by atoms with Crippen molar-refractivity contribution < 1.29 is 51.7 Å². The molecule has 2 N–H and O–H groups in total.